The van der Waals surface area contributed by atoms with Crippen molar-refractivity contribution in [3.8, 4) is 5.75 Å². The van der Waals surface area contributed by atoms with E-state index in [0.29, 0.717) is 22.9 Å². The maximum atomic E-state index is 12.0. The largest absolute Gasteiger partial charge is 0.496 e. The van der Waals surface area contributed by atoms with E-state index in [9.17, 15) is 9.59 Å². The molecular formula is C20H22ClNO4. The first-order valence-electron chi connectivity index (χ1n) is 8.29. The zero-order valence-electron chi connectivity index (χ0n) is 14.8. The molecule has 0 aliphatic carbocycles. The molecule has 0 unspecified atom stereocenters. The Morgan fingerprint density at radius 1 is 1.15 bits per heavy atom. The molecule has 0 spiro atoms. The highest BCUT2D eigenvalue weighted by Gasteiger charge is 2.13. The number of rotatable bonds is 8. The van der Waals surface area contributed by atoms with Crippen molar-refractivity contribution in [2.75, 3.05) is 20.3 Å². The van der Waals surface area contributed by atoms with Crippen molar-refractivity contribution in [3.63, 3.8) is 0 Å². The van der Waals surface area contributed by atoms with Crippen LogP contribution in [-0.2, 0) is 20.7 Å². The lowest BCUT2D eigenvalue weighted by atomic mass is 10.0. The summed E-state index contributed by atoms with van der Waals surface area (Å²) in [5.41, 5.74) is 1.75. The van der Waals surface area contributed by atoms with Crippen molar-refractivity contribution in [2.24, 2.45) is 0 Å². The molecule has 6 heteroatoms. The molecule has 0 saturated carbocycles. The zero-order chi connectivity index (χ0) is 18.9. The second kappa shape index (κ2) is 9.82. The lowest BCUT2D eigenvalue weighted by Gasteiger charge is -2.13. The molecule has 0 aliphatic heterocycles. The summed E-state index contributed by atoms with van der Waals surface area (Å²) >= 11 is 5.93. The summed E-state index contributed by atoms with van der Waals surface area (Å²) in [6.07, 6.45) is -0.0164. The van der Waals surface area contributed by atoms with Gasteiger partial charge in [-0.05, 0) is 29.7 Å². The molecule has 0 aliphatic rings. The number of amides is 1. The van der Waals surface area contributed by atoms with E-state index in [0.717, 1.165) is 5.56 Å². The number of halogens is 1. The highest BCUT2D eigenvalue weighted by atomic mass is 35.5. The van der Waals surface area contributed by atoms with Crippen LogP contribution in [-0.4, -0.2) is 32.1 Å². The van der Waals surface area contributed by atoms with Crippen molar-refractivity contribution >= 4 is 23.5 Å². The minimum Gasteiger partial charge on any atom is -0.496 e. The second-order valence-corrected chi connectivity index (χ2v) is 6.35. The number of methoxy groups -OCH3 is 1. The molecule has 1 N–H and O–H groups in total. The summed E-state index contributed by atoms with van der Waals surface area (Å²) in [5.74, 6) is -0.130. The van der Waals surface area contributed by atoms with E-state index in [1.54, 1.807) is 18.2 Å². The third-order valence-corrected chi connectivity index (χ3v) is 4.15. The molecule has 2 rings (SSSR count). The average molecular weight is 376 g/mol. The van der Waals surface area contributed by atoms with Crippen LogP contribution in [0.4, 0.5) is 0 Å². The number of ether oxygens (including phenoxy) is 2. The van der Waals surface area contributed by atoms with Crippen LogP contribution in [0.3, 0.4) is 0 Å². The molecule has 0 fully saturated rings. The van der Waals surface area contributed by atoms with Gasteiger partial charge in [0.2, 0.25) is 0 Å². The Morgan fingerprint density at radius 2 is 1.88 bits per heavy atom. The van der Waals surface area contributed by atoms with Gasteiger partial charge in [0, 0.05) is 17.1 Å². The van der Waals surface area contributed by atoms with Gasteiger partial charge < -0.3 is 14.8 Å². The van der Waals surface area contributed by atoms with E-state index in [-0.39, 0.29) is 24.9 Å². The van der Waals surface area contributed by atoms with Gasteiger partial charge >= 0.3 is 5.97 Å². The molecule has 0 aromatic heterocycles. The number of carbonyl (C=O) groups is 2. The molecule has 0 radical (unpaired) electrons. The predicted octanol–water partition coefficient (Wildman–Crippen LogP) is 3.35. The fourth-order valence-corrected chi connectivity index (χ4v) is 2.65. The molecule has 0 heterocycles. The standard InChI is InChI=1S/C20H22ClNO4/c1-14(15-6-4-3-5-7-15)12-22-19(23)13-26-20(24)11-16-10-17(21)8-9-18(16)25-2/h3-10,14H,11-13H2,1-2H3,(H,22,23)/t14-/m0/s1. The molecule has 0 saturated heterocycles. The Balaban J connectivity index is 1.77. The summed E-state index contributed by atoms with van der Waals surface area (Å²) < 4.78 is 10.2. The Morgan fingerprint density at radius 3 is 2.58 bits per heavy atom. The predicted molar refractivity (Wildman–Crippen MR) is 101 cm³/mol. The van der Waals surface area contributed by atoms with Crippen molar-refractivity contribution < 1.29 is 19.1 Å². The zero-order valence-corrected chi connectivity index (χ0v) is 15.6. The fraction of sp³-hybridized carbons (Fsp3) is 0.300. The number of nitrogens with one attached hydrogen (secondary N) is 1. The first-order chi connectivity index (χ1) is 12.5. The van der Waals surface area contributed by atoms with E-state index < -0.39 is 5.97 Å². The number of carbonyl (C=O) groups excluding carboxylic acids is 2. The lowest BCUT2D eigenvalue weighted by molar-refractivity contribution is -0.147. The summed E-state index contributed by atoms with van der Waals surface area (Å²) in [6, 6.07) is 14.9. The fourth-order valence-electron chi connectivity index (χ4n) is 2.46. The van der Waals surface area contributed by atoms with Gasteiger partial charge in [-0.15, -0.1) is 0 Å². The number of benzene rings is 2. The van der Waals surface area contributed by atoms with Crippen LogP contribution >= 0.6 is 11.6 Å². The lowest BCUT2D eigenvalue weighted by Crippen LogP contribution is -2.31. The third kappa shape index (κ3) is 6.08. The Hall–Kier alpha value is -2.53. The number of hydrogen-bond acceptors (Lipinski definition) is 4. The normalized spacial score (nSPS) is 11.5. The average Bonchev–Trinajstić information content (AvgIpc) is 2.65. The molecule has 138 valence electrons. The van der Waals surface area contributed by atoms with Gasteiger partial charge in [-0.1, -0.05) is 48.9 Å². The molecule has 26 heavy (non-hydrogen) atoms. The van der Waals surface area contributed by atoms with Crippen molar-refractivity contribution in [1.82, 2.24) is 5.32 Å². The topological polar surface area (TPSA) is 64.6 Å². The summed E-state index contributed by atoms with van der Waals surface area (Å²) in [4.78, 5) is 23.8. The van der Waals surface area contributed by atoms with E-state index in [4.69, 9.17) is 21.1 Å². The summed E-state index contributed by atoms with van der Waals surface area (Å²) in [7, 11) is 1.51. The summed E-state index contributed by atoms with van der Waals surface area (Å²) in [6.45, 7) is 2.18. The quantitative estimate of drug-likeness (QED) is 0.718. The van der Waals surface area contributed by atoms with Crippen LogP contribution in [0.25, 0.3) is 0 Å². The van der Waals surface area contributed by atoms with Gasteiger partial charge in [-0.25, -0.2) is 0 Å². The second-order valence-electron chi connectivity index (χ2n) is 5.91. The number of hydrogen-bond donors (Lipinski definition) is 1. The highest BCUT2D eigenvalue weighted by Crippen LogP contribution is 2.23. The van der Waals surface area contributed by atoms with Crippen LogP contribution in [0.2, 0.25) is 5.02 Å². The smallest absolute Gasteiger partial charge is 0.310 e. The maximum Gasteiger partial charge on any atom is 0.310 e. The van der Waals surface area contributed by atoms with E-state index in [2.05, 4.69) is 5.32 Å². The van der Waals surface area contributed by atoms with Gasteiger partial charge in [0.25, 0.3) is 5.91 Å². The molecular weight excluding hydrogens is 354 g/mol. The molecule has 2 aromatic rings. The van der Waals surface area contributed by atoms with Gasteiger partial charge in [-0.2, -0.15) is 0 Å². The molecule has 5 nitrogen and oxygen atoms in total. The SMILES string of the molecule is COc1ccc(Cl)cc1CC(=O)OCC(=O)NC[C@H](C)c1ccccc1. The van der Waals surface area contributed by atoms with Crippen molar-refractivity contribution in [2.45, 2.75) is 19.3 Å². The van der Waals surface area contributed by atoms with Crippen LogP contribution in [0, 0.1) is 0 Å². The van der Waals surface area contributed by atoms with Crippen LogP contribution in [0.1, 0.15) is 24.0 Å². The first kappa shape index (κ1) is 19.8. The van der Waals surface area contributed by atoms with Crippen LogP contribution in [0.5, 0.6) is 5.75 Å². The minimum atomic E-state index is -0.517. The first-order valence-corrected chi connectivity index (χ1v) is 8.67. The Bertz CT molecular complexity index is 749. The van der Waals surface area contributed by atoms with Gasteiger partial charge in [-0.3, -0.25) is 9.59 Å². The Labute approximate surface area is 158 Å². The molecule has 2 aromatic carbocycles. The van der Waals surface area contributed by atoms with Gasteiger partial charge in [0.1, 0.15) is 5.75 Å². The van der Waals surface area contributed by atoms with E-state index >= 15 is 0 Å². The van der Waals surface area contributed by atoms with Gasteiger partial charge in [0.15, 0.2) is 6.61 Å². The molecule has 0 bridgehead atoms. The van der Waals surface area contributed by atoms with Crippen molar-refractivity contribution in [3.05, 3.63) is 64.7 Å². The highest BCUT2D eigenvalue weighted by molar-refractivity contribution is 6.30. The summed E-state index contributed by atoms with van der Waals surface area (Å²) in [5, 5.41) is 3.27. The van der Waals surface area contributed by atoms with E-state index in [1.165, 1.54) is 7.11 Å². The van der Waals surface area contributed by atoms with Crippen molar-refractivity contribution in [1.29, 1.82) is 0 Å². The van der Waals surface area contributed by atoms with Crippen LogP contribution < -0.4 is 10.1 Å². The number of esters is 1. The van der Waals surface area contributed by atoms with Crippen LogP contribution in [0.15, 0.2) is 48.5 Å². The third-order valence-electron chi connectivity index (χ3n) is 3.92. The monoisotopic (exact) mass is 375 g/mol. The van der Waals surface area contributed by atoms with E-state index in [1.807, 2.05) is 37.3 Å². The Kier molecular flexibility index (Phi) is 7.48. The molecule has 1 amide bonds. The molecule has 1 atom stereocenters. The maximum absolute atomic E-state index is 12.0. The minimum absolute atomic E-state index is 0.0164. The van der Waals surface area contributed by atoms with Gasteiger partial charge in [0.05, 0.1) is 13.5 Å².